The van der Waals surface area contributed by atoms with Crippen molar-refractivity contribution in [3.8, 4) is 0 Å². The zero-order chi connectivity index (χ0) is 11.4. The number of benzene rings is 1. The lowest BCUT2D eigenvalue weighted by atomic mass is 10.2. The fourth-order valence-electron chi connectivity index (χ4n) is 1.65. The largest absolute Gasteiger partial charge is 0.344 e. The summed E-state index contributed by atoms with van der Waals surface area (Å²) >= 11 is 0. The number of aliphatic imine (C=N–C) groups is 1. The number of amides is 1. The van der Waals surface area contributed by atoms with Gasteiger partial charge in [0.05, 0.1) is 0 Å². The molecular weight excluding hydrogens is 202 g/mol. The first-order valence-electron chi connectivity index (χ1n) is 5.42. The molecule has 0 aromatic heterocycles. The third-order valence-electron chi connectivity index (χ3n) is 2.37. The molecule has 0 bridgehead atoms. The van der Waals surface area contributed by atoms with Crippen LogP contribution in [0.15, 0.2) is 29.3 Å². The summed E-state index contributed by atoms with van der Waals surface area (Å²) in [5.41, 5.74) is 1.82. The highest BCUT2D eigenvalue weighted by atomic mass is 16.1. The molecule has 0 aliphatic carbocycles. The van der Waals surface area contributed by atoms with Crippen LogP contribution in [-0.2, 0) is 4.79 Å². The Balaban J connectivity index is 1.98. The van der Waals surface area contributed by atoms with Gasteiger partial charge in [-0.3, -0.25) is 9.79 Å². The molecular formula is C12H15N3O. The highest BCUT2D eigenvalue weighted by Crippen LogP contribution is 2.15. The summed E-state index contributed by atoms with van der Waals surface area (Å²) in [7, 11) is 0. The zero-order valence-corrected chi connectivity index (χ0v) is 9.29. The molecule has 4 heteroatoms. The molecule has 2 N–H and O–H groups in total. The highest BCUT2D eigenvalue weighted by Gasteiger charge is 2.05. The van der Waals surface area contributed by atoms with Gasteiger partial charge in [-0.15, -0.1) is 0 Å². The van der Waals surface area contributed by atoms with Crippen molar-refractivity contribution in [1.29, 1.82) is 0 Å². The van der Waals surface area contributed by atoms with Crippen molar-refractivity contribution < 1.29 is 4.79 Å². The SMILES string of the molecule is CC(=O)Nc1ccc(NC2=NCCC2)cc1. The van der Waals surface area contributed by atoms with Gasteiger partial charge in [-0.1, -0.05) is 0 Å². The Kier molecular flexibility index (Phi) is 3.19. The first kappa shape index (κ1) is 10.7. The molecule has 1 aliphatic rings. The second-order valence-corrected chi connectivity index (χ2v) is 3.82. The lowest BCUT2D eigenvalue weighted by molar-refractivity contribution is -0.114. The van der Waals surface area contributed by atoms with Gasteiger partial charge >= 0.3 is 0 Å². The maximum absolute atomic E-state index is 10.8. The molecule has 0 saturated carbocycles. The van der Waals surface area contributed by atoms with E-state index in [0.717, 1.165) is 36.6 Å². The molecule has 0 fully saturated rings. The number of amidine groups is 1. The summed E-state index contributed by atoms with van der Waals surface area (Å²) in [6.45, 7) is 2.42. The van der Waals surface area contributed by atoms with E-state index >= 15 is 0 Å². The molecule has 1 aromatic rings. The lowest BCUT2D eigenvalue weighted by Crippen LogP contribution is -2.09. The molecule has 1 amide bonds. The van der Waals surface area contributed by atoms with E-state index < -0.39 is 0 Å². The molecule has 0 atom stereocenters. The van der Waals surface area contributed by atoms with E-state index in [4.69, 9.17) is 0 Å². The Labute approximate surface area is 94.8 Å². The first-order chi connectivity index (χ1) is 7.74. The number of nitrogens with zero attached hydrogens (tertiary/aromatic N) is 1. The predicted molar refractivity (Wildman–Crippen MR) is 65.9 cm³/mol. The lowest BCUT2D eigenvalue weighted by Gasteiger charge is -2.07. The summed E-state index contributed by atoms with van der Waals surface area (Å²) in [6.07, 6.45) is 2.15. The number of carbonyl (C=O) groups is 1. The van der Waals surface area contributed by atoms with E-state index in [2.05, 4.69) is 15.6 Å². The molecule has 0 radical (unpaired) electrons. The van der Waals surface area contributed by atoms with E-state index in [1.165, 1.54) is 6.92 Å². The van der Waals surface area contributed by atoms with Crippen LogP contribution < -0.4 is 10.6 Å². The molecule has 1 aliphatic heterocycles. The van der Waals surface area contributed by atoms with E-state index in [9.17, 15) is 4.79 Å². The Morgan fingerprint density at radius 2 is 1.94 bits per heavy atom. The molecule has 4 nitrogen and oxygen atoms in total. The van der Waals surface area contributed by atoms with Crippen LogP contribution in [0, 0.1) is 0 Å². The Hall–Kier alpha value is -1.84. The zero-order valence-electron chi connectivity index (χ0n) is 9.29. The van der Waals surface area contributed by atoms with E-state index in [1.807, 2.05) is 24.3 Å². The number of hydrogen-bond acceptors (Lipinski definition) is 3. The molecule has 1 heterocycles. The summed E-state index contributed by atoms with van der Waals surface area (Å²) in [5, 5.41) is 5.99. The topological polar surface area (TPSA) is 53.5 Å². The van der Waals surface area contributed by atoms with Gasteiger partial charge in [0.2, 0.25) is 5.91 Å². The van der Waals surface area contributed by atoms with Gasteiger partial charge in [0, 0.05) is 31.3 Å². The van der Waals surface area contributed by atoms with E-state index in [1.54, 1.807) is 0 Å². The maximum atomic E-state index is 10.8. The highest BCUT2D eigenvalue weighted by molar-refractivity contribution is 5.96. The minimum Gasteiger partial charge on any atom is -0.344 e. The Morgan fingerprint density at radius 3 is 2.50 bits per heavy atom. The summed E-state index contributed by atoms with van der Waals surface area (Å²) in [4.78, 5) is 15.2. The van der Waals surface area contributed by atoms with Gasteiger partial charge in [0.1, 0.15) is 5.84 Å². The van der Waals surface area contributed by atoms with E-state index in [0.29, 0.717) is 0 Å². The van der Waals surface area contributed by atoms with Crippen LogP contribution in [0.5, 0.6) is 0 Å². The molecule has 0 unspecified atom stereocenters. The second kappa shape index (κ2) is 4.79. The van der Waals surface area contributed by atoms with Crippen molar-refractivity contribution in [2.24, 2.45) is 4.99 Å². The van der Waals surface area contributed by atoms with Gasteiger partial charge in [-0.05, 0) is 30.7 Å². The van der Waals surface area contributed by atoms with Gasteiger partial charge in [-0.25, -0.2) is 0 Å². The van der Waals surface area contributed by atoms with Crippen molar-refractivity contribution in [3.05, 3.63) is 24.3 Å². The molecule has 1 aromatic carbocycles. The van der Waals surface area contributed by atoms with Crippen LogP contribution in [0.1, 0.15) is 19.8 Å². The monoisotopic (exact) mass is 217 g/mol. The smallest absolute Gasteiger partial charge is 0.221 e. The fourth-order valence-corrected chi connectivity index (χ4v) is 1.65. The quantitative estimate of drug-likeness (QED) is 0.798. The first-order valence-corrected chi connectivity index (χ1v) is 5.42. The minimum absolute atomic E-state index is 0.0547. The van der Waals surface area contributed by atoms with Crippen LogP contribution in [-0.4, -0.2) is 18.3 Å². The fraction of sp³-hybridized carbons (Fsp3) is 0.333. The molecule has 2 rings (SSSR count). The minimum atomic E-state index is -0.0547. The van der Waals surface area contributed by atoms with Crippen molar-refractivity contribution >= 4 is 23.1 Å². The number of carbonyl (C=O) groups excluding carboxylic acids is 1. The molecule has 0 spiro atoms. The maximum Gasteiger partial charge on any atom is 0.221 e. The van der Waals surface area contributed by atoms with Gasteiger partial charge < -0.3 is 10.6 Å². The van der Waals surface area contributed by atoms with E-state index in [-0.39, 0.29) is 5.91 Å². The second-order valence-electron chi connectivity index (χ2n) is 3.82. The standard InChI is InChI=1S/C12H15N3O/c1-9(16)14-10-4-6-11(7-5-10)15-12-3-2-8-13-12/h4-7H,2-3,8H2,1H3,(H,13,15)(H,14,16). The number of nitrogens with one attached hydrogen (secondary N) is 2. The third kappa shape index (κ3) is 2.82. The summed E-state index contributed by atoms with van der Waals surface area (Å²) in [6, 6.07) is 7.62. The summed E-state index contributed by atoms with van der Waals surface area (Å²) in [5.74, 6) is 0.994. The van der Waals surface area contributed by atoms with Crippen LogP contribution in [0.2, 0.25) is 0 Å². The van der Waals surface area contributed by atoms with Crippen molar-refractivity contribution in [3.63, 3.8) is 0 Å². The number of rotatable bonds is 2. The normalized spacial score (nSPS) is 14.4. The number of hydrogen-bond donors (Lipinski definition) is 2. The average Bonchev–Trinajstić information content (AvgIpc) is 2.73. The van der Waals surface area contributed by atoms with Crippen molar-refractivity contribution in [2.75, 3.05) is 17.2 Å². The van der Waals surface area contributed by atoms with Crippen molar-refractivity contribution in [2.45, 2.75) is 19.8 Å². The molecule has 16 heavy (non-hydrogen) atoms. The van der Waals surface area contributed by atoms with Crippen LogP contribution in [0.25, 0.3) is 0 Å². The molecule has 84 valence electrons. The van der Waals surface area contributed by atoms with Crippen LogP contribution in [0.4, 0.5) is 11.4 Å². The Bertz CT molecular complexity index is 409. The van der Waals surface area contributed by atoms with Crippen LogP contribution in [0.3, 0.4) is 0 Å². The number of anilines is 2. The summed E-state index contributed by atoms with van der Waals surface area (Å²) < 4.78 is 0. The third-order valence-corrected chi connectivity index (χ3v) is 2.37. The van der Waals surface area contributed by atoms with Crippen molar-refractivity contribution in [1.82, 2.24) is 0 Å². The Morgan fingerprint density at radius 1 is 1.25 bits per heavy atom. The predicted octanol–water partition coefficient (Wildman–Crippen LogP) is 2.25. The van der Waals surface area contributed by atoms with Gasteiger partial charge in [0.15, 0.2) is 0 Å². The average molecular weight is 217 g/mol. The van der Waals surface area contributed by atoms with Crippen LogP contribution >= 0.6 is 0 Å². The van der Waals surface area contributed by atoms with Gasteiger partial charge in [-0.2, -0.15) is 0 Å². The molecule has 0 saturated heterocycles. The van der Waals surface area contributed by atoms with Gasteiger partial charge in [0.25, 0.3) is 0 Å².